The second-order valence-electron chi connectivity index (χ2n) is 4.06. The molecule has 0 aliphatic heterocycles. The van der Waals surface area contributed by atoms with E-state index in [-0.39, 0.29) is 5.91 Å². The van der Waals surface area contributed by atoms with Crippen molar-refractivity contribution in [2.75, 3.05) is 18.1 Å². The molecule has 0 bridgehead atoms. The molecule has 100 valence electrons. The molecule has 3 nitrogen and oxygen atoms in total. The standard InChI is InChI=1S/C14H20INO2/c1-18-13-9-5-4-8-12(13)14(17)16-11-7-3-2-6-10-15/h4-5,8-9H,2-3,6-7,10-11H2,1H3,(H,16,17). The van der Waals surface area contributed by atoms with E-state index < -0.39 is 0 Å². The Morgan fingerprint density at radius 2 is 1.94 bits per heavy atom. The van der Waals surface area contributed by atoms with E-state index in [1.54, 1.807) is 19.2 Å². The zero-order chi connectivity index (χ0) is 13.2. The number of halogens is 1. The Labute approximate surface area is 122 Å². The topological polar surface area (TPSA) is 38.3 Å². The van der Waals surface area contributed by atoms with Crippen LogP contribution in [-0.4, -0.2) is 24.0 Å². The highest BCUT2D eigenvalue weighted by Crippen LogP contribution is 2.16. The molecule has 0 aliphatic carbocycles. The molecule has 0 radical (unpaired) electrons. The maximum absolute atomic E-state index is 11.9. The average Bonchev–Trinajstić information content (AvgIpc) is 2.42. The summed E-state index contributed by atoms with van der Waals surface area (Å²) < 4.78 is 6.38. The molecule has 0 heterocycles. The molecule has 4 heteroatoms. The number of hydrogen-bond acceptors (Lipinski definition) is 2. The number of methoxy groups -OCH3 is 1. The lowest BCUT2D eigenvalue weighted by Gasteiger charge is -2.08. The molecule has 1 N–H and O–H groups in total. The summed E-state index contributed by atoms with van der Waals surface area (Å²) in [6.45, 7) is 0.734. The maximum atomic E-state index is 11.9. The van der Waals surface area contributed by atoms with Crippen LogP contribution < -0.4 is 10.1 Å². The molecule has 18 heavy (non-hydrogen) atoms. The van der Waals surface area contributed by atoms with Gasteiger partial charge in [-0.05, 0) is 29.4 Å². The Bertz CT molecular complexity index is 369. The van der Waals surface area contributed by atoms with Crippen LogP contribution in [-0.2, 0) is 0 Å². The number of hydrogen-bond donors (Lipinski definition) is 1. The van der Waals surface area contributed by atoms with Crippen molar-refractivity contribution in [3.05, 3.63) is 29.8 Å². The van der Waals surface area contributed by atoms with Crippen LogP contribution in [0.2, 0.25) is 0 Å². The fraction of sp³-hybridized carbons (Fsp3) is 0.500. The van der Waals surface area contributed by atoms with Crippen LogP contribution in [0, 0.1) is 0 Å². The highest BCUT2D eigenvalue weighted by atomic mass is 127. The molecule has 0 atom stereocenters. The predicted octanol–water partition coefficient (Wildman–Crippen LogP) is 3.42. The van der Waals surface area contributed by atoms with Crippen molar-refractivity contribution in [2.24, 2.45) is 0 Å². The SMILES string of the molecule is COc1ccccc1C(=O)NCCCCCCI. The van der Waals surface area contributed by atoms with E-state index >= 15 is 0 Å². The Morgan fingerprint density at radius 1 is 1.22 bits per heavy atom. The quantitative estimate of drug-likeness (QED) is 0.438. The van der Waals surface area contributed by atoms with E-state index in [4.69, 9.17) is 4.74 Å². The highest BCUT2D eigenvalue weighted by Gasteiger charge is 2.09. The van der Waals surface area contributed by atoms with Gasteiger partial charge in [-0.3, -0.25) is 4.79 Å². The zero-order valence-electron chi connectivity index (χ0n) is 10.7. The van der Waals surface area contributed by atoms with Gasteiger partial charge in [0, 0.05) is 6.54 Å². The van der Waals surface area contributed by atoms with Crippen LogP contribution in [0.4, 0.5) is 0 Å². The third-order valence-corrected chi connectivity index (χ3v) is 3.46. The monoisotopic (exact) mass is 361 g/mol. The molecule has 0 saturated heterocycles. The van der Waals surface area contributed by atoms with Gasteiger partial charge in [-0.1, -0.05) is 47.6 Å². The second-order valence-corrected chi connectivity index (χ2v) is 5.14. The lowest BCUT2D eigenvalue weighted by Crippen LogP contribution is -2.24. The van der Waals surface area contributed by atoms with E-state index in [9.17, 15) is 4.79 Å². The molecule has 1 amide bonds. The Kier molecular flexibility index (Phi) is 7.80. The lowest BCUT2D eigenvalue weighted by molar-refractivity contribution is 0.0950. The summed E-state index contributed by atoms with van der Waals surface area (Å²) in [5.74, 6) is 0.571. The van der Waals surface area contributed by atoms with Gasteiger partial charge >= 0.3 is 0 Å². The van der Waals surface area contributed by atoms with Crippen molar-refractivity contribution in [3.8, 4) is 5.75 Å². The number of carbonyl (C=O) groups excluding carboxylic acids is 1. The summed E-state index contributed by atoms with van der Waals surface area (Å²) in [5.41, 5.74) is 0.604. The third-order valence-electron chi connectivity index (χ3n) is 2.70. The number of carbonyl (C=O) groups is 1. The van der Waals surface area contributed by atoms with Crippen molar-refractivity contribution >= 4 is 28.5 Å². The minimum atomic E-state index is -0.0543. The van der Waals surface area contributed by atoms with E-state index in [2.05, 4.69) is 27.9 Å². The summed E-state index contributed by atoms with van der Waals surface area (Å²) in [7, 11) is 1.58. The lowest BCUT2D eigenvalue weighted by atomic mass is 10.1. The van der Waals surface area contributed by atoms with E-state index in [1.165, 1.54) is 23.7 Å². The van der Waals surface area contributed by atoms with E-state index in [0.717, 1.165) is 13.0 Å². The second kappa shape index (κ2) is 9.19. The summed E-state index contributed by atoms with van der Waals surface area (Å²) in [4.78, 5) is 11.9. The number of alkyl halides is 1. The van der Waals surface area contributed by atoms with Crippen molar-refractivity contribution in [1.29, 1.82) is 0 Å². The van der Waals surface area contributed by atoms with Crippen molar-refractivity contribution in [2.45, 2.75) is 25.7 Å². The molecule has 0 saturated carbocycles. The zero-order valence-corrected chi connectivity index (χ0v) is 12.9. The first-order valence-corrected chi connectivity index (χ1v) is 7.79. The van der Waals surface area contributed by atoms with Gasteiger partial charge < -0.3 is 10.1 Å². The minimum Gasteiger partial charge on any atom is -0.496 e. The largest absolute Gasteiger partial charge is 0.496 e. The van der Waals surface area contributed by atoms with Gasteiger partial charge in [0.1, 0.15) is 5.75 Å². The summed E-state index contributed by atoms with van der Waals surface area (Å²) in [6, 6.07) is 7.29. The first-order chi connectivity index (χ1) is 8.79. The average molecular weight is 361 g/mol. The molecular weight excluding hydrogens is 341 g/mol. The number of unbranched alkanes of at least 4 members (excludes halogenated alkanes) is 3. The van der Waals surface area contributed by atoms with Gasteiger partial charge in [0.15, 0.2) is 0 Å². The number of benzene rings is 1. The number of nitrogens with one attached hydrogen (secondary N) is 1. The van der Waals surface area contributed by atoms with Crippen LogP contribution in [0.3, 0.4) is 0 Å². The molecular formula is C14H20INO2. The fourth-order valence-electron chi connectivity index (χ4n) is 1.70. The van der Waals surface area contributed by atoms with Crippen molar-refractivity contribution in [3.63, 3.8) is 0 Å². The summed E-state index contributed by atoms with van der Waals surface area (Å²) in [5, 5.41) is 2.93. The third kappa shape index (κ3) is 5.25. The summed E-state index contributed by atoms with van der Waals surface area (Å²) in [6.07, 6.45) is 4.72. The van der Waals surface area contributed by atoms with Crippen molar-refractivity contribution < 1.29 is 9.53 Å². The van der Waals surface area contributed by atoms with Gasteiger partial charge in [0.2, 0.25) is 0 Å². The fourth-order valence-corrected chi connectivity index (χ4v) is 2.24. The number of amides is 1. The normalized spacial score (nSPS) is 10.1. The number of ether oxygens (including phenoxy) is 1. The van der Waals surface area contributed by atoms with Crippen LogP contribution in [0.5, 0.6) is 5.75 Å². The van der Waals surface area contributed by atoms with Gasteiger partial charge in [-0.15, -0.1) is 0 Å². The predicted molar refractivity (Wildman–Crippen MR) is 82.7 cm³/mol. The smallest absolute Gasteiger partial charge is 0.255 e. The van der Waals surface area contributed by atoms with E-state index in [0.29, 0.717) is 11.3 Å². The van der Waals surface area contributed by atoms with Gasteiger partial charge in [0.25, 0.3) is 5.91 Å². The molecule has 0 spiro atoms. The van der Waals surface area contributed by atoms with Gasteiger partial charge in [-0.2, -0.15) is 0 Å². The molecule has 0 aliphatic rings. The van der Waals surface area contributed by atoms with Crippen LogP contribution >= 0.6 is 22.6 Å². The Hall–Kier alpha value is -0.780. The highest BCUT2D eigenvalue weighted by molar-refractivity contribution is 14.1. The van der Waals surface area contributed by atoms with Crippen LogP contribution in [0.1, 0.15) is 36.0 Å². The molecule has 0 fully saturated rings. The molecule has 1 aromatic rings. The Balaban J connectivity index is 2.32. The first-order valence-electron chi connectivity index (χ1n) is 6.26. The molecule has 1 rings (SSSR count). The van der Waals surface area contributed by atoms with Crippen LogP contribution in [0.15, 0.2) is 24.3 Å². The maximum Gasteiger partial charge on any atom is 0.255 e. The Morgan fingerprint density at radius 3 is 2.67 bits per heavy atom. The first kappa shape index (κ1) is 15.3. The van der Waals surface area contributed by atoms with E-state index in [1.807, 2.05) is 12.1 Å². The van der Waals surface area contributed by atoms with Crippen molar-refractivity contribution in [1.82, 2.24) is 5.32 Å². The number of rotatable bonds is 8. The molecule has 1 aromatic carbocycles. The van der Waals surface area contributed by atoms with Gasteiger partial charge in [-0.25, -0.2) is 0 Å². The molecule has 0 aromatic heterocycles. The van der Waals surface area contributed by atoms with Gasteiger partial charge in [0.05, 0.1) is 12.7 Å². The molecule has 0 unspecified atom stereocenters. The number of para-hydroxylation sites is 1. The summed E-state index contributed by atoms with van der Waals surface area (Å²) >= 11 is 2.39. The minimum absolute atomic E-state index is 0.0543. The van der Waals surface area contributed by atoms with Crippen LogP contribution in [0.25, 0.3) is 0 Å².